The molecule has 2 fully saturated rings. The SMILES string of the molecule is COc1ccc(N2C(=NC(C)=O)S[C@H]3CS(=O)(=O)C[C@H]32)c(OC)c1. The molecule has 0 N–H and O–H groups in total. The van der Waals surface area contributed by atoms with Crippen LogP contribution in [0.15, 0.2) is 23.2 Å². The van der Waals surface area contributed by atoms with E-state index in [0.29, 0.717) is 22.4 Å². The lowest BCUT2D eigenvalue weighted by atomic mass is 10.2. The number of aliphatic imine (C=N–C) groups is 1. The monoisotopic (exact) mass is 370 g/mol. The van der Waals surface area contributed by atoms with Crippen LogP contribution in [0.4, 0.5) is 5.69 Å². The zero-order valence-corrected chi connectivity index (χ0v) is 15.2. The van der Waals surface area contributed by atoms with Crippen molar-refractivity contribution in [1.82, 2.24) is 0 Å². The minimum Gasteiger partial charge on any atom is -0.497 e. The van der Waals surface area contributed by atoms with Gasteiger partial charge in [0, 0.05) is 18.2 Å². The lowest BCUT2D eigenvalue weighted by molar-refractivity contribution is -0.115. The number of thioether (sulfide) groups is 1. The summed E-state index contributed by atoms with van der Waals surface area (Å²) in [6.07, 6.45) is 0. The maximum Gasteiger partial charge on any atom is 0.244 e. The highest BCUT2D eigenvalue weighted by Gasteiger charge is 2.49. The van der Waals surface area contributed by atoms with Crippen molar-refractivity contribution < 1.29 is 22.7 Å². The third-order valence-electron chi connectivity index (χ3n) is 3.97. The van der Waals surface area contributed by atoms with Gasteiger partial charge in [0.1, 0.15) is 11.5 Å². The standard InChI is InChI=1S/C15H18N2O5S2/c1-9(18)16-15-17(12-7-24(19,20)8-14(12)23-15)11-5-4-10(21-2)6-13(11)22-3/h4-6,12,14H,7-8H2,1-3H3/t12-,14+/m1/s1. The number of rotatable bonds is 3. The van der Waals surface area contributed by atoms with Gasteiger partial charge in [0.25, 0.3) is 0 Å². The van der Waals surface area contributed by atoms with Crippen molar-refractivity contribution in [1.29, 1.82) is 0 Å². The number of nitrogens with zero attached hydrogens (tertiary/aromatic N) is 2. The quantitative estimate of drug-likeness (QED) is 0.793. The molecule has 9 heteroatoms. The molecule has 0 aromatic heterocycles. The van der Waals surface area contributed by atoms with Crippen molar-refractivity contribution in [2.45, 2.75) is 18.2 Å². The molecule has 0 aliphatic carbocycles. The normalized spacial score (nSPS) is 26.5. The molecule has 3 rings (SSSR count). The number of amidine groups is 1. The molecule has 0 saturated carbocycles. The summed E-state index contributed by atoms with van der Waals surface area (Å²) in [6, 6.07) is 5.02. The molecular weight excluding hydrogens is 352 g/mol. The molecule has 0 radical (unpaired) electrons. The first-order valence-electron chi connectivity index (χ1n) is 7.32. The number of methoxy groups -OCH3 is 2. The minimum atomic E-state index is -3.10. The number of hydrogen-bond donors (Lipinski definition) is 0. The number of carbonyl (C=O) groups excluding carboxylic acids is 1. The molecule has 1 aromatic carbocycles. The Bertz CT molecular complexity index is 806. The maximum absolute atomic E-state index is 12.0. The number of amides is 1. The van der Waals surface area contributed by atoms with Gasteiger partial charge in [-0.3, -0.25) is 4.79 Å². The van der Waals surface area contributed by atoms with Crippen LogP contribution in [-0.4, -0.2) is 56.5 Å². The van der Waals surface area contributed by atoms with Gasteiger partial charge in [0.05, 0.1) is 37.5 Å². The minimum absolute atomic E-state index is 0.0385. The van der Waals surface area contributed by atoms with Gasteiger partial charge < -0.3 is 14.4 Å². The third-order valence-corrected chi connectivity index (χ3v) is 7.18. The van der Waals surface area contributed by atoms with Crippen LogP contribution in [-0.2, 0) is 14.6 Å². The summed E-state index contributed by atoms with van der Waals surface area (Å²) in [5.41, 5.74) is 0.676. The van der Waals surface area contributed by atoms with Crippen molar-refractivity contribution in [3.05, 3.63) is 18.2 Å². The van der Waals surface area contributed by atoms with Crippen molar-refractivity contribution >= 4 is 38.4 Å². The average Bonchev–Trinajstić information content (AvgIpc) is 2.97. The molecule has 7 nitrogen and oxygen atoms in total. The Hall–Kier alpha value is -1.74. The Labute approximate surface area is 144 Å². The topological polar surface area (TPSA) is 85.3 Å². The van der Waals surface area contributed by atoms with Crippen LogP contribution in [0.2, 0.25) is 0 Å². The molecule has 2 aliphatic rings. The number of carbonyl (C=O) groups is 1. The van der Waals surface area contributed by atoms with Gasteiger partial charge in [0.15, 0.2) is 15.0 Å². The van der Waals surface area contributed by atoms with Crippen LogP contribution in [0.1, 0.15) is 6.92 Å². The number of hydrogen-bond acceptors (Lipinski definition) is 6. The molecule has 0 unspecified atom stereocenters. The van der Waals surface area contributed by atoms with Crippen molar-refractivity contribution in [2.75, 3.05) is 30.6 Å². The van der Waals surface area contributed by atoms with Gasteiger partial charge in [-0.2, -0.15) is 4.99 Å². The maximum atomic E-state index is 12.0. The van der Waals surface area contributed by atoms with Gasteiger partial charge in [0.2, 0.25) is 5.91 Å². The summed E-state index contributed by atoms with van der Waals surface area (Å²) >= 11 is 1.33. The van der Waals surface area contributed by atoms with E-state index in [9.17, 15) is 13.2 Å². The smallest absolute Gasteiger partial charge is 0.244 e. The number of ether oxygens (including phenoxy) is 2. The first-order valence-corrected chi connectivity index (χ1v) is 10.0. The zero-order valence-electron chi connectivity index (χ0n) is 13.6. The molecule has 0 bridgehead atoms. The molecule has 2 heterocycles. The van der Waals surface area contributed by atoms with E-state index < -0.39 is 9.84 Å². The van der Waals surface area contributed by atoms with E-state index in [1.807, 2.05) is 0 Å². The number of sulfone groups is 1. The van der Waals surface area contributed by atoms with Gasteiger partial charge in [-0.15, -0.1) is 0 Å². The third kappa shape index (κ3) is 3.10. The fourth-order valence-electron chi connectivity index (χ4n) is 2.96. The predicted octanol–water partition coefficient (Wildman–Crippen LogP) is 1.33. The van der Waals surface area contributed by atoms with Crippen molar-refractivity contribution in [2.24, 2.45) is 4.99 Å². The van der Waals surface area contributed by atoms with E-state index in [-0.39, 0.29) is 28.7 Å². The highest BCUT2D eigenvalue weighted by Crippen LogP contribution is 2.44. The summed E-state index contributed by atoms with van der Waals surface area (Å²) in [5, 5.41) is 0.371. The molecule has 24 heavy (non-hydrogen) atoms. The zero-order chi connectivity index (χ0) is 17.5. The van der Waals surface area contributed by atoms with E-state index in [1.54, 1.807) is 30.2 Å². The van der Waals surface area contributed by atoms with Crippen LogP contribution in [0.25, 0.3) is 0 Å². The van der Waals surface area contributed by atoms with E-state index in [0.717, 1.165) is 0 Å². The Morgan fingerprint density at radius 3 is 2.67 bits per heavy atom. The largest absolute Gasteiger partial charge is 0.497 e. The Morgan fingerprint density at radius 1 is 1.29 bits per heavy atom. The highest BCUT2D eigenvalue weighted by atomic mass is 32.2. The van der Waals surface area contributed by atoms with Gasteiger partial charge >= 0.3 is 0 Å². The second-order valence-electron chi connectivity index (χ2n) is 5.62. The number of benzene rings is 1. The fourth-order valence-corrected chi connectivity index (χ4v) is 6.92. The Morgan fingerprint density at radius 2 is 2.04 bits per heavy atom. The summed E-state index contributed by atoms with van der Waals surface area (Å²) in [4.78, 5) is 17.4. The Balaban J connectivity index is 2.09. The predicted molar refractivity (Wildman–Crippen MR) is 94.0 cm³/mol. The second-order valence-corrected chi connectivity index (χ2v) is 8.98. The molecule has 1 aromatic rings. The first kappa shape index (κ1) is 17.1. The van der Waals surface area contributed by atoms with E-state index in [1.165, 1.54) is 25.8 Å². The Kier molecular flexibility index (Phi) is 4.48. The van der Waals surface area contributed by atoms with Crippen LogP contribution in [0, 0.1) is 0 Å². The van der Waals surface area contributed by atoms with E-state index in [4.69, 9.17) is 9.47 Å². The van der Waals surface area contributed by atoms with E-state index >= 15 is 0 Å². The molecule has 2 aliphatic heterocycles. The van der Waals surface area contributed by atoms with Gasteiger partial charge in [-0.05, 0) is 12.1 Å². The van der Waals surface area contributed by atoms with Crippen molar-refractivity contribution in [3.63, 3.8) is 0 Å². The molecule has 2 atom stereocenters. The van der Waals surface area contributed by atoms with Gasteiger partial charge in [-0.1, -0.05) is 11.8 Å². The molecule has 130 valence electrons. The highest BCUT2D eigenvalue weighted by molar-refractivity contribution is 8.16. The number of anilines is 1. The average molecular weight is 370 g/mol. The van der Waals surface area contributed by atoms with Crippen LogP contribution in [0.5, 0.6) is 11.5 Å². The molecule has 1 amide bonds. The summed E-state index contributed by atoms with van der Waals surface area (Å²) in [6.45, 7) is 1.38. The molecule has 0 spiro atoms. The summed E-state index contributed by atoms with van der Waals surface area (Å²) in [7, 11) is -0.00687. The lowest BCUT2D eigenvalue weighted by Crippen LogP contribution is -2.37. The summed E-state index contributed by atoms with van der Waals surface area (Å²) in [5.74, 6) is 0.974. The fraction of sp³-hybridized carbons (Fsp3) is 0.467. The second kappa shape index (κ2) is 6.29. The summed E-state index contributed by atoms with van der Waals surface area (Å²) < 4.78 is 34.6. The first-order chi connectivity index (χ1) is 11.3. The van der Waals surface area contributed by atoms with Crippen molar-refractivity contribution in [3.8, 4) is 11.5 Å². The van der Waals surface area contributed by atoms with Gasteiger partial charge in [-0.25, -0.2) is 8.42 Å². The molecular formula is C15H18N2O5S2. The van der Waals surface area contributed by atoms with Crippen LogP contribution >= 0.6 is 11.8 Å². The van der Waals surface area contributed by atoms with Crippen LogP contribution in [0.3, 0.4) is 0 Å². The van der Waals surface area contributed by atoms with E-state index in [2.05, 4.69) is 4.99 Å². The lowest BCUT2D eigenvalue weighted by Gasteiger charge is -2.26. The van der Waals surface area contributed by atoms with Crippen LogP contribution < -0.4 is 14.4 Å². The molecule has 2 saturated heterocycles. The number of fused-ring (bicyclic) bond motifs is 1.